The van der Waals surface area contributed by atoms with Crippen LogP contribution in [0.3, 0.4) is 0 Å². The van der Waals surface area contributed by atoms with Gasteiger partial charge in [-0.25, -0.2) is 0 Å². The molecule has 0 atom stereocenters. The average Bonchev–Trinajstić information content (AvgIpc) is 0. The summed E-state index contributed by atoms with van der Waals surface area (Å²) in [6.07, 6.45) is 0. The summed E-state index contributed by atoms with van der Waals surface area (Å²) in [7, 11) is 0. The van der Waals surface area contributed by atoms with Gasteiger partial charge in [0.15, 0.2) is 0 Å². The molecule has 0 aliphatic rings. The summed E-state index contributed by atoms with van der Waals surface area (Å²) >= 11 is 0. The summed E-state index contributed by atoms with van der Waals surface area (Å²) in [4.78, 5) is 0. The molecule has 0 aliphatic carbocycles. The van der Waals surface area contributed by atoms with Crippen LogP contribution in [0.15, 0.2) is 0 Å². The third-order valence-corrected chi connectivity index (χ3v) is 0. The topological polar surface area (TPSA) is 189 Å². The van der Waals surface area contributed by atoms with E-state index in [1.54, 1.807) is 0 Å². The molecule has 56 valence electrons. The second-order valence-electron chi connectivity index (χ2n) is 0. The van der Waals surface area contributed by atoms with Gasteiger partial charge < -0.3 is 32.9 Å². The standard InChI is InChI=1S/6H2O.Sb.3H/h6*1H2;;;;. The Kier molecular flexibility index (Phi) is 85800. The van der Waals surface area contributed by atoms with E-state index in [0.29, 0.717) is 0 Å². The van der Waals surface area contributed by atoms with Crippen molar-refractivity contribution >= 4 is 24.4 Å². The van der Waals surface area contributed by atoms with Gasteiger partial charge in [-0.05, 0) is 0 Å². The Hall–Kier alpha value is 0.578. The van der Waals surface area contributed by atoms with Gasteiger partial charge in [0.25, 0.3) is 0 Å². The molecule has 6 nitrogen and oxygen atoms in total. The van der Waals surface area contributed by atoms with Crippen LogP contribution in [0.5, 0.6) is 0 Å². The Morgan fingerprint density at radius 1 is 0.286 bits per heavy atom. The summed E-state index contributed by atoms with van der Waals surface area (Å²) < 4.78 is 0. The van der Waals surface area contributed by atoms with E-state index < -0.39 is 0 Å². The maximum atomic E-state index is 0. The van der Waals surface area contributed by atoms with Crippen LogP contribution in [0, 0.1) is 0 Å². The first-order valence-electron chi connectivity index (χ1n) is 0. The summed E-state index contributed by atoms with van der Waals surface area (Å²) in [5.74, 6) is 0. The van der Waals surface area contributed by atoms with Crippen molar-refractivity contribution in [3.8, 4) is 0 Å². The molecule has 0 saturated heterocycles. The van der Waals surface area contributed by atoms with E-state index in [1.165, 1.54) is 0 Å². The van der Waals surface area contributed by atoms with Crippen LogP contribution in [-0.4, -0.2) is 57.3 Å². The molecule has 0 unspecified atom stereocenters. The van der Waals surface area contributed by atoms with E-state index in [9.17, 15) is 0 Å². The van der Waals surface area contributed by atoms with Crippen molar-refractivity contribution in [3.05, 3.63) is 0 Å². The Bertz CT molecular complexity index is 4.14. The van der Waals surface area contributed by atoms with Gasteiger partial charge in [0, 0.05) is 0 Å². The number of rotatable bonds is 0. The Morgan fingerprint density at radius 2 is 0.286 bits per heavy atom. The molecule has 0 radical (unpaired) electrons. The zero-order valence-corrected chi connectivity index (χ0v) is 7.74. The molecule has 0 aliphatic heterocycles. The predicted molar refractivity (Wildman–Crippen MR) is 31.6 cm³/mol. The first-order chi connectivity index (χ1) is 0. The molecule has 0 heterocycles. The summed E-state index contributed by atoms with van der Waals surface area (Å²) in [5.41, 5.74) is 0. The molecule has 0 bridgehead atoms. The van der Waals surface area contributed by atoms with Gasteiger partial charge in [-0.1, -0.05) is 0 Å². The van der Waals surface area contributed by atoms with Crippen molar-refractivity contribution in [2.45, 2.75) is 0 Å². The van der Waals surface area contributed by atoms with Crippen molar-refractivity contribution in [1.82, 2.24) is 0 Å². The van der Waals surface area contributed by atoms with E-state index in [1.807, 2.05) is 0 Å². The van der Waals surface area contributed by atoms with E-state index in [4.69, 9.17) is 0 Å². The molecule has 0 amide bonds. The molecule has 0 aromatic rings. The number of hydrogen-bond donors (Lipinski definition) is 0. The zero-order valence-electron chi connectivity index (χ0n) is 3.71. The third kappa shape index (κ3) is 412. The molecule has 0 fully saturated rings. The van der Waals surface area contributed by atoms with Crippen molar-refractivity contribution in [2.75, 3.05) is 0 Å². The fourth-order valence-electron chi connectivity index (χ4n) is 0. The average molecular weight is 233 g/mol. The van der Waals surface area contributed by atoms with E-state index >= 15 is 0 Å². The third-order valence-electron chi connectivity index (χ3n) is 0. The number of hydrogen-bond acceptors (Lipinski definition) is 0. The van der Waals surface area contributed by atoms with Crippen molar-refractivity contribution < 1.29 is 32.9 Å². The molecule has 7 heavy (non-hydrogen) atoms. The summed E-state index contributed by atoms with van der Waals surface area (Å²) in [6.45, 7) is 0. The fourth-order valence-corrected chi connectivity index (χ4v) is 0. The molecule has 12 N–H and O–H groups in total. The van der Waals surface area contributed by atoms with Crippen LogP contribution in [0.2, 0.25) is 0 Å². The molecular formula is H15O6Sb. The van der Waals surface area contributed by atoms with Gasteiger partial charge >= 0.3 is 24.4 Å². The second kappa shape index (κ2) is 612. The van der Waals surface area contributed by atoms with Gasteiger partial charge in [-0.2, -0.15) is 0 Å². The minimum absolute atomic E-state index is 0. The fraction of sp³-hybridized carbons (Fsp3) is 0. The van der Waals surface area contributed by atoms with Crippen LogP contribution < -0.4 is 0 Å². The first kappa shape index (κ1) is 981. The predicted octanol–water partition coefficient (Wildman–Crippen LogP) is -6.13. The van der Waals surface area contributed by atoms with Gasteiger partial charge in [0.2, 0.25) is 0 Å². The zero-order chi connectivity index (χ0) is 0. The molecule has 0 spiro atoms. The molecular weight excluding hydrogens is 218 g/mol. The van der Waals surface area contributed by atoms with Crippen LogP contribution in [0.4, 0.5) is 0 Å². The summed E-state index contributed by atoms with van der Waals surface area (Å²) in [5, 5.41) is 0. The van der Waals surface area contributed by atoms with Gasteiger partial charge in [-0.3, -0.25) is 0 Å². The second-order valence-corrected chi connectivity index (χ2v) is 0. The monoisotopic (exact) mass is 232 g/mol. The van der Waals surface area contributed by atoms with E-state index in [2.05, 4.69) is 0 Å². The molecule has 0 saturated carbocycles. The summed E-state index contributed by atoms with van der Waals surface area (Å²) in [6, 6.07) is 0. The van der Waals surface area contributed by atoms with Crippen molar-refractivity contribution in [3.63, 3.8) is 0 Å². The molecule has 0 aromatic carbocycles. The van der Waals surface area contributed by atoms with Crippen LogP contribution in [-0.2, 0) is 0 Å². The molecule has 0 aromatic heterocycles. The molecule has 7 heteroatoms. The Morgan fingerprint density at radius 3 is 0.286 bits per heavy atom. The van der Waals surface area contributed by atoms with Crippen molar-refractivity contribution in [2.24, 2.45) is 0 Å². The molecule has 0 rings (SSSR count). The van der Waals surface area contributed by atoms with Gasteiger partial charge in [0.1, 0.15) is 0 Å². The quantitative estimate of drug-likeness (QED) is 0.360. The Balaban J connectivity index is 0. The van der Waals surface area contributed by atoms with Gasteiger partial charge in [-0.15, -0.1) is 0 Å². The van der Waals surface area contributed by atoms with Crippen molar-refractivity contribution in [1.29, 1.82) is 0 Å². The first-order valence-corrected chi connectivity index (χ1v) is 0. The Labute approximate surface area is 57.8 Å². The van der Waals surface area contributed by atoms with Crippen LogP contribution in [0.25, 0.3) is 0 Å². The van der Waals surface area contributed by atoms with Crippen LogP contribution >= 0.6 is 0 Å². The van der Waals surface area contributed by atoms with E-state index in [0.717, 1.165) is 0 Å². The maximum absolute atomic E-state index is 0. The van der Waals surface area contributed by atoms with E-state index in [-0.39, 0.29) is 57.3 Å². The SMILES string of the molecule is O.O.O.O.O.O.[SbH3]. The normalized spacial score (nSPS) is 0. The van der Waals surface area contributed by atoms with Crippen LogP contribution in [0.1, 0.15) is 0 Å². The minimum atomic E-state index is 0. The van der Waals surface area contributed by atoms with Gasteiger partial charge in [0.05, 0.1) is 0 Å².